The van der Waals surface area contributed by atoms with Crippen molar-refractivity contribution in [1.82, 2.24) is 19.2 Å². The maximum Gasteiger partial charge on any atom is 0.451 e. The third-order valence-electron chi connectivity index (χ3n) is 4.30. The topological polar surface area (TPSA) is 60.1 Å². The molecule has 1 saturated heterocycles. The minimum Gasteiger partial charge on any atom is -0.338 e. The first-order chi connectivity index (χ1) is 11.7. The summed E-state index contributed by atoms with van der Waals surface area (Å²) in [5.74, 6) is -1.29. The van der Waals surface area contributed by atoms with Crippen LogP contribution >= 0.6 is 11.3 Å². The quantitative estimate of drug-likeness (QED) is 0.811. The number of aryl methyl sites for hydroxylation is 1. The number of nitrogens with zero attached hydrogens (tertiary/aromatic N) is 4. The number of halogens is 3. The van der Waals surface area contributed by atoms with E-state index < -0.39 is 23.7 Å². The number of likely N-dealkylation sites (tertiary alicyclic amines) is 1. The van der Waals surface area contributed by atoms with Crippen LogP contribution in [0.15, 0.2) is 16.2 Å². The molecule has 1 aliphatic heterocycles. The first-order valence-corrected chi connectivity index (χ1v) is 8.63. The van der Waals surface area contributed by atoms with E-state index in [0.717, 1.165) is 17.3 Å². The van der Waals surface area contributed by atoms with E-state index in [9.17, 15) is 22.8 Å². The summed E-state index contributed by atoms with van der Waals surface area (Å²) < 4.78 is 40.1. The van der Waals surface area contributed by atoms with Crippen LogP contribution in [0.1, 0.15) is 39.9 Å². The lowest BCUT2D eigenvalue weighted by Gasteiger charge is -2.31. The second-order valence-electron chi connectivity index (χ2n) is 6.12. The van der Waals surface area contributed by atoms with Gasteiger partial charge in [0.1, 0.15) is 0 Å². The Morgan fingerprint density at radius 2 is 1.96 bits per heavy atom. The Labute approximate surface area is 145 Å². The lowest BCUT2D eigenvalue weighted by Crippen LogP contribution is -2.41. The summed E-state index contributed by atoms with van der Waals surface area (Å²) in [6.07, 6.45) is -3.89. The molecule has 0 unspecified atom stereocenters. The number of carbonyl (C=O) groups excluding carboxylic acids is 1. The van der Waals surface area contributed by atoms with Crippen LogP contribution < -0.4 is 5.69 Å². The molecule has 25 heavy (non-hydrogen) atoms. The van der Waals surface area contributed by atoms with E-state index in [-0.39, 0.29) is 5.91 Å². The maximum absolute atomic E-state index is 12.9. The number of hydrogen-bond acceptors (Lipinski definition) is 4. The van der Waals surface area contributed by atoms with Gasteiger partial charge in [0.15, 0.2) is 0 Å². The molecule has 1 fully saturated rings. The molecular weight excluding hydrogens is 357 g/mol. The zero-order valence-corrected chi connectivity index (χ0v) is 14.5. The van der Waals surface area contributed by atoms with E-state index in [4.69, 9.17) is 0 Å². The van der Waals surface area contributed by atoms with Gasteiger partial charge in [-0.2, -0.15) is 13.2 Å². The molecule has 136 valence electrons. The highest BCUT2D eigenvalue weighted by Gasteiger charge is 2.39. The summed E-state index contributed by atoms with van der Waals surface area (Å²) in [5, 5.41) is 5.37. The minimum absolute atomic E-state index is 0.0825. The zero-order chi connectivity index (χ0) is 18.4. The molecule has 0 radical (unpaired) electrons. The van der Waals surface area contributed by atoms with E-state index in [1.165, 1.54) is 11.3 Å². The molecule has 0 spiro atoms. The summed E-state index contributed by atoms with van der Waals surface area (Å²) >= 11 is 1.37. The Balaban J connectivity index is 1.73. The third kappa shape index (κ3) is 3.35. The van der Waals surface area contributed by atoms with Crippen molar-refractivity contribution in [2.45, 2.75) is 32.0 Å². The van der Waals surface area contributed by atoms with Crippen LogP contribution in [0.5, 0.6) is 0 Å². The summed E-state index contributed by atoms with van der Waals surface area (Å²) in [6.45, 7) is 2.67. The highest BCUT2D eigenvalue weighted by Crippen LogP contribution is 2.28. The van der Waals surface area contributed by atoms with Crippen molar-refractivity contribution in [1.29, 1.82) is 0 Å². The van der Waals surface area contributed by atoms with Crippen LogP contribution in [-0.2, 0) is 13.2 Å². The molecule has 10 heteroatoms. The lowest BCUT2D eigenvalue weighted by atomic mass is 10.1. The fourth-order valence-electron chi connectivity index (χ4n) is 2.95. The van der Waals surface area contributed by atoms with Crippen molar-refractivity contribution < 1.29 is 18.0 Å². The first kappa shape index (κ1) is 17.7. The molecule has 1 amide bonds. The number of carbonyl (C=O) groups is 1. The third-order valence-corrected chi connectivity index (χ3v) is 5.33. The predicted molar refractivity (Wildman–Crippen MR) is 85.7 cm³/mol. The highest BCUT2D eigenvalue weighted by atomic mass is 32.1. The Bertz CT molecular complexity index is 844. The monoisotopic (exact) mass is 374 g/mol. The van der Waals surface area contributed by atoms with Gasteiger partial charge < -0.3 is 4.90 Å². The van der Waals surface area contributed by atoms with E-state index in [1.54, 1.807) is 4.90 Å². The molecule has 1 aliphatic rings. The Morgan fingerprint density at radius 1 is 1.32 bits per heavy atom. The van der Waals surface area contributed by atoms with Crippen molar-refractivity contribution in [3.63, 3.8) is 0 Å². The maximum atomic E-state index is 12.9. The number of alkyl halides is 3. The molecule has 3 heterocycles. The van der Waals surface area contributed by atoms with Gasteiger partial charge in [0, 0.05) is 20.1 Å². The number of thiophene rings is 1. The molecule has 2 aromatic heterocycles. The molecule has 0 aliphatic carbocycles. The summed E-state index contributed by atoms with van der Waals surface area (Å²) in [4.78, 5) is 26.8. The van der Waals surface area contributed by atoms with Gasteiger partial charge in [-0.05, 0) is 36.8 Å². The van der Waals surface area contributed by atoms with Crippen LogP contribution in [0.4, 0.5) is 13.2 Å². The SMILES string of the molecule is Cc1csc(C(=O)N2CCC(n3nc(C(F)(F)F)n(C)c3=O)CC2)c1. The Hall–Kier alpha value is -2.10. The average molecular weight is 374 g/mol. The van der Waals surface area contributed by atoms with Crippen molar-refractivity contribution in [2.75, 3.05) is 13.1 Å². The standard InChI is InChI=1S/C15H17F3N4O2S/c1-9-7-11(25-8-9)12(23)21-5-3-10(4-6-21)22-14(24)20(2)13(19-22)15(16,17)18/h7-8,10H,3-6H2,1-2H3. The molecular formula is C15H17F3N4O2S. The van der Waals surface area contributed by atoms with Crippen LogP contribution in [-0.4, -0.2) is 38.2 Å². The smallest absolute Gasteiger partial charge is 0.338 e. The Morgan fingerprint density at radius 3 is 2.44 bits per heavy atom. The van der Waals surface area contributed by atoms with E-state index >= 15 is 0 Å². The Kier molecular flexibility index (Phi) is 4.48. The van der Waals surface area contributed by atoms with Crippen molar-refractivity contribution in [3.05, 3.63) is 38.2 Å². The van der Waals surface area contributed by atoms with Gasteiger partial charge in [-0.3, -0.25) is 9.36 Å². The zero-order valence-electron chi connectivity index (χ0n) is 13.7. The number of aromatic nitrogens is 3. The molecule has 0 saturated carbocycles. The fraction of sp³-hybridized carbons (Fsp3) is 0.533. The van der Waals surface area contributed by atoms with Crippen LogP contribution in [0.2, 0.25) is 0 Å². The van der Waals surface area contributed by atoms with Gasteiger partial charge in [-0.15, -0.1) is 16.4 Å². The van der Waals surface area contributed by atoms with Gasteiger partial charge in [0.25, 0.3) is 5.91 Å². The number of amides is 1. The number of rotatable bonds is 2. The molecule has 0 bridgehead atoms. The van der Waals surface area contributed by atoms with E-state index in [2.05, 4.69) is 5.10 Å². The molecule has 0 atom stereocenters. The second kappa shape index (κ2) is 6.32. The highest BCUT2D eigenvalue weighted by molar-refractivity contribution is 7.12. The molecule has 3 rings (SSSR count). The lowest BCUT2D eigenvalue weighted by molar-refractivity contribution is -0.147. The average Bonchev–Trinajstić information content (AvgIpc) is 3.11. The number of piperidine rings is 1. The largest absolute Gasteiger partial charge is 0.451 e. The minimum atomic E-state index is -4.67. The van der Waals surface area contributed by atoms with Gasteiger partial charge in [0.05, 0.1) is 10.9 Å². The predicted octanol–water partition coefficient (Wildman–Crippen LogP) is 2.45. The van der Waals surface area contributed by atoms with Crippen LogP contribution in [0.3, 0.4) is 0 Å². The molecule has 0 N–H and O–H groups in total. The first-order valence-electron chi connectivity index (χ1n) is 7.75. The van der Waals surface area contributed by atoms with Crippen LogP contribution in [0, 0.1) is 6.92 Å². The van der Waals surface area contributed by atoms with Crippen LogP contribution in [0.25, 0.3) is 0 Å². The normalized spacial score (nSPS) is 16.4. The van der Waals surface area contributed by atoms with Crippen molar-refractivity contribution in [3.8, 4) is 0 Å². The van der Waals surface area contributed by atoms with Gasteiger partial charge in [-0.25, -0.2) is 9.48 Å². The fourth-order valence-corrected chi connectivity index (χ4v) is 3.82. The number of hydrogen-bond donors (Lipinski definition) is 0. The van der Waals surface area contributed by atoms with E-state index in [1.807, 2.05) is 18.4 Å². The molecule has 2 aromatic rings. The molecule has 0 aromatic carbocycles. The van der Waals surface area contributed by atoms with Gasteiger partial charge in [0.2, 0.25) is 5.82 Å². The van der Waals surface area contributed by atoms with Crippen molar-refractivity contribution in [2.24, 2.45) is 7.05 Å². The summed E-state index contributed by atoms with van der Waals surface area (Å²) in [5.41, 5.74) is 0.230. The van der Waals surface area contributed by atoms with E-state index in [0.29, 0.717) is 35.4 Å². The van der Waals surface area contributed by atoms with Gasteiger partial charge in [-0.1, -0.05) is 0 Å². The second-order valence-corrected chi connectivity index (χ2v) is 7.03. The summed E-state index contributed by atoms with van der Waals surface area (Å²) in [6, 6.07) is 1.38. The summed E-state index contributed by atoms with van der Waals surface area (Å²) in [7, 11) is 1.06. The van der Waals surface area contributed by atoms with Crippen molar-refractivity contribution >= 4 is 17.2 Å². The van der Waals surface area contributed by atoms with Gasteiger partial charge >= 0.3 is 11.9 Å². The molecule has 6 nitrogen and oxygen atoms in total.